The first-order valence-electron chi connectivity index (χ1n) is 21.7. The summed E-state index contributed by atoms with van der Waals surface area (Å²) in [6.07, 6.45) is 10.4. The van der Waals surface area contributed by atoms with Gasteiger partial charge in [-0.1, -0.05) is 30.3 Å². The fraction of sp³-hybridized carbons (Fsp3) is 0.212. The molecular formula is C52H48N6O8. The number of aromatic nitrogens is 4. The van der Waals surface area contributed by atoms with E-state index in [9.17, 15) is 4.79 Å². The Hall–Kier alpha value is -7.97. The smallest absolute Gasteiger partial charge is 0.408 e. The van der Waals surface area contributed by atoms with Crippen molar-refractivity contribution in [2.45, 2.75) is 43.4 Å². The zero-order valence-corrected chi connectivity index (χ0v) is 36.5. The van der Waals surface area contributed by atoms with Crippen LogP contribution in [0, 0.1) is 0 Å². The van der Waals surface area contributed by atoms with Crippen molar-refractivity contribution in [2.75, 3.05) is 27.4 Å². The quantitative estimate of drug-likeness (QED) is 0.0770. The van der Waals surface area contributed by atoms with E-state index in [1.165, 1.54) is 0 Å². The second kappa shape index (κ2) is 17.9. The van der Waals surface area contributed by atoms with E-state index in [0.717, 1.165) is 80.8 Å². The molecule has 5 aromatic carbocycles. The van der Waals surface area contributed by atoms with E-state index in [2.05, 4.69) is 25.3 Å². The Morgan fingerprint density at radius 2 is 1.17 bits per heavy atom. The third-order valence-corrected chi connectivity index (χ3v) is 11.8. The molecule has 0 spiro atoms. The Kier molecular flexibility index (Phi) is 11.4. The highest BCUT2D eigenvalue weighted by Gasteiger charge is 2.46. The summed E-state index contributed by atoms with van der Waals surface area (Å²) >= 11 is 0. The van der Waals surface area contributed by atoms with Gasteiger partial charge in [-0.25, -0.2) is 4.79 Å². The van der Waals surface area contributed by atoms with Crippen molar-refractivity contribution in [3.8, 4) is 46.0 Å². The number of nitrogens with two attached hydrogens (primary N) is 1. The fourth-order valence-corrected chi connectivity index (χ4v) is 7.60. The largest absolute Gasteiger partial charge is 0.493 e. The molecule has 0 atom stereocenters. The fourth-order valence-electron chi connectivity index (χ4n) is 7.60. The predicted molar refractivity (Wildman–Crippen MR) is 252 cm³/mol. The first-order chi connectivity index (χ1) is 32.2. The summed E-state index contributed by atoms with van der Waals surface area (Å²) in [6, 6.07) is 36.6. The molecule has 11 rings (SSSR count). The van der Waals surface area contributed by atoms with Crippen LogP contribution in [0.2, 0.25) is 0 Å². The summed E-state index contributed by atoms with van der Waals surface area (Å²) in [4.78, 5) is 27.7. The molecule has 0 bridgehead atoms. The second-order valence-electron chi connectivity index (χ2n) is 16.7. The van der Waals surface area contributed by atoms with Crippen LogP contribution in [0.5, 0.6) is 46.0 Å². The van der Waals surface area contributed by atoms with Gasteiger partial charge in [-0.3, -0.25) is 9.97 Å². The molecule has 2 saturated carbocycles. The maximum atomic E-state index is 12.4. The lowest BCUT2D eigenvalue weighted by Crippen LogP contribution is -2.41. The van der Waals surface area contributed by atoms with E-state index in [1.54, 1.807) is 26.6 Å². The van der Waals surface area contributed by atoms with Gasteiger partial charge in [0.15, 0.2) is 23.0 Å². The minimum Gasteiger partial charge on any atom is -0.493 e. The first kappa shape index (κ1) is 42.0. The molecule has 14 nitrogen and oxygen atoms in total. The van der Waals surface area contributed by atoms with E-state index >= 15 is 0 Å². The third kappa shape index (κ3) is 9.45. The number of hydrogen-bond donors (Lipinski definition) is 4. The van der Waals surface area contributed by atoms with Crippen molar-refractivity contribution in [1.29, 1.82) is 0 Å². The number of rotatable bonds is 15. The van der Waals surface area contributed by atoms with Crippen LogP contribution in [-0.2, 0) is 11.3 Å². The number of carbonyl (C=O) groups is 1. The Labute approximate surface area is 379 Å². The molecule has 5 N–H and O–H groups in total. The maximum absolute atomic E-state index is 12.4. The minimum atomic E-state index is -0.457. The zero-order valence-electron chi connectivity index (χ0n) is 36.5. The standard InChI is InChI=1S/C30H27N3O5.C22H21N3O3/c1-35-27-16-23-25(32-14-10-26(23)38-22-7-8-24-21(15-22)9-13-31-24)17-28(27)37-19-30(11-12-30)33-29(34)36-18-20-5-3-2-4-6-20;1-26-20-11-16-18(12-21(20)27-13-22(23)6-7-22)25-9-5-19(16)28-15-2-3-17-14(10-15)4-8-24-17/h2-10,13-17,31H,11-12,18-19H2,1H3,(H,33,34);2-5,8-12,24H,6-7,13,23H2,1H3. The lowest BCUT2D eigenvalue weighted by Gasteiger charge is -2.19. The molecule has 0 unspecified atom stereocenters. The molecule has 2 fully saturated rings. The van der Waals surface area contributed by atoms with Gasteiger partial charge in [0, 0.05) is 69.5 Å². The van der Waals surface area contributed by atoms with Crippen molar-refractivity contribution >= 4 is 49.7 Å². The van der Waals surface area contributed by atoms with Gasteiger partial charge >= 0.3 is 6.09 Å². The molecular weight excluding hydrogens is 837 g/mol. The highest BCUT2D eigenvalue weighted by atomic mass is 16.6. The molecule has 1 amide bonds. The molecule has 14 heteroatoms. The molecule has 4 heterocycles. The molecule has 66 heavy (non-hydrogen) atoms. The highest BCUT2D eigenvalue weighted by molar-refractivity contribution is 5.90. The lowest BCUT2D eigenvalue weighted by molar-refractivity contribution is 0.128. The summed E-state index contributed by atoms with van der Waals surface area (Å²) in [6.45, 7) is 0.987. The molecule has 2 aliphatic rings. The van der Waals surface area contributed by atoms with Gasteiger partial charge in [-0.05, 0) is 104 Å². The van der Waals surface area contributed by atoms with Crippen LogP contribution in [0.25, 0.3) is 43.6 Å². The molecule has 2 aliphatic carbocycles. The van der Waals surface area contributed by atoms with E-state index in [0.29, 0.717) is 53.2 Å². The van der Waals surface area contributed by atoms with Crippen LogP contribution < -0.4 is 39.5 Å². The Morgan fingerprint density at radius 3 is 1.68 bits per heavy atom. The summed E-state index contributed by atoms with van der Waals surface area (Å²) in [7, 11) is 3.22. The summed E-state index contributed by atoms with van der Waals surface area (Å²) < 4.78 is 41.0. The summed E-state index contributed by atoms with van der Waals surface area (Å²) in [5.74, 6) is 5.24. The van der Waals surface area contributed by atoms with Gasteiger partial charge in [0.25, 0.3) is 0 Å². The number of nitrogens with one attached hydrogen (secondary N) is 3. The van der Waals surface area contributed by atoms with E-state index < -0.39 is 11.6 Å². The normalized spacial score (nSPS) is 14.2. The van der Waals surface area contributed by atoms with Crippen LogP contribution in [0.3, 0.4) is 0 Å². The minimum absolute atomic E-state index is 0.199. The first-order valence-corrected chi connectivity index (χ1v) is 21.7. The number of pyridine rings is 2. The summed E-state index contributed by atoms with van der Waals surface area (Å²) in [5.41, 5.74) is 10.0. The lowest BCUT2D eigenvalue weighted by atomic mass is 10.1. The highest BCUT2D eigenvalue weighted by Crippen LogP contribution is 2.42. The third-order valence-electron chi connectivity index (χ3n) is 11.8. The molecule has 0 saturated heterocycles. The number of methoxy groups -OCH3 is 2. The molecule has 4 aromatic heterocycles. The maximum Gasteiger partial charge on any atom is 0.408 e. The molecule has 334 valence electrons. The van der Waals surface area contributed by atoms with E-state index in [-0.39, 0.29) is 12.1 Å². The van der Waals surface area contributed by atoms with Crippen LogP contribution >= 0.6 is 0 Å². The average Bonchev–Trinajstić information content (AvgIpc) is 4.14. The molecule has 9 aromatic rings. The number of amides is 1. The van der Waals surface area contributed by atoms with Gasteiger partial charge in [-0.15, -0.1) is 0 Å². The van der Waals surface area contributed by atoms with E-state index in [4.69, 9.17) is 38.9 Å². The molecule has 0 aliphatic heterocycles. The SMILES string of the molecule is COc1cc2c(Oc3ccc4[nH]ccc4c3)ccnc2cc1OCC1(N)CC1.COc1cc2c(Oc3ccc4[nH]ccc4c3)ccnc2cc1OCC1(NC(=O)OCc2ccccc2)CC1. The van der Waals surface area contributed by atoms with Crippen LogP contribution in [0.15, 0.2) is 140 Å². The number of nitrogens with zero attached hydrogens (tertiary/aromatic N) is 2. The van der Waals surface area contributed by atoms with Crippen LogP contribution in [0.4, 0.5) is 4.79 Å². The Morgan fingerprint density at radius 1 is 0.621 bits per heavy atom. The van der Waals surface area contributed by atoms with Crippen molar-refractivity contribution in [1.82, 2.24) is 25.3 Å². The molecule has 0 radical (unpaired) electrons. The topological polar surface area (TPSA) is 177 Å². The number of fused-ring (bicyclic) bond motifs is 4. The number of H-pyrrole nitrogens is 2. The number of benzene rings is 5. The van der Waals surface area contributed by atoms with Crippen molar-refractivity contribution < 1.29 is 38.0 Å². The summed E-state index contributed by atoms with van der Waals surface area (Å²) in [5, 5.41) is 6.79. The average molecular weight is 885 g/mol. The predicted octanol–water partition coefficient (Wildman–Crippen LogP) is 10.7. The van der Waals surface area contributed by atoms with Gasteiger partial charge in [0.2, 0.25) is 0 Å². The Balaban J connectivity index is 0.000000162. The number of carbonyl (C=O) groups excluding carboxylic acids is 1. The monoisotopic (exact) mass is 884 g/mol. The van der Waals surface area contributed by atoms with E-state index in [1.807, 2.05) is 128 Å². The zero-order chi connectivity index (χ0) is 45.1. The number of ether oxygens (including phenoxy) is 7. The van der Waals surface area contributed by atoms with Gasteiger partial charge in [0.05, 0.1) is 36.3 Å². The number of hydrogen-bond acceptors (Lipinski definition) is 11. The number of alkyl carbamates (subject to hydrolysis) is 1. The van der Waals surface area contributed by atoms with Crippen LogP contribution in [0.1, 0.15) is 31.2 Å². The van der Waals surface area contributed by atoms with Crippen LogP contribution in [-0.4, -0.2) is 64.5 Å². The van der Waals surface area contributed by atoms with Crippen molar-refractivity contribution in [3.63, 3.8) is 0 Å². The van der Waals surface area contributed by atoms with Gasteiger partial charge < -0.3 is 54.2 Å². The Bertz CT molecular complexity index is 3180. The number of aromatic amines is 2. The second-order valence-corrected chi connectivity index (χ2v) is 16.7. The van der Waals surface area contributed by atoms with Gasteiger partial charge in [0.1, 0.15) is 42.8 Å². The van der Waals surface area contributed by atoms with Crippen molar-refractivity contribution in [3.05, 3.63) is 146 Å². The van der Waals surface area contributed by atoms with Gasteiger partial charge in [-0.2, -0.15) is 0 Å². The van der Waals surface area contributed by atoms with Crippen molar-refractivity contribution in [2.24, 2.45) is 5.73 Å².